The fraction of sp³-hybridized carbons (Fsp3) is 0.357. The molecule has 1 atom stereocenters. The maximum absolute atomic E-state index is 11.9. The molecule has 0 bridgehead atoms. The Hall–Kier alpha value is -2.42. The van der Waals surface area contributed by atoms with Crippen LogP contribution in [0.4, 0.5) is 4.79 Å². The topological polar surface area (TPSA) is 102 Å². The Kier molecular flexibility index (Phi) is 5.69. The van der Waals surface area contributed by atoms with Crippen LogP contribution >= 0.6 is 11.8 Å². The lowest BCUT2D eigenvalue weighted by Crippen LogP contribution is -2.41. The fourth-order valence-electron chi connectivity index (χ4n) is 1.86. The third-order valence-electron chi connectivity index (χ3n) is 3.09. The number of aromatic nitrogens is 4. The first-order valence-corrected chi connectivity index (χ1v) is 7.97. The van der Waals surface area contributed by atoms with Crippen molar-refractivity contribution in [3.8, 4) is 11.4 Å². The smallest absolute Gasteiger partial charge is 0.321 e. The van der Waals surface area contributed by atoms with Gasteiger partial charge in [0.2, 0.25) is 5.91 Å². The molecular formula is C14H18N6O2S. The monoisotopic (exact) mass is 334 g/mol. The van der Waals surface area contributed by atoms with Crippen molar-refractivity contribution >= 4 is 23.7 Å². The molecule has 0 unspecified atom stereocenters. The second-order valence-electron chi connectivity index (χ2n) is 4.61. The molecule has 0 aliphatic carbocycles. The first kappa shape index (κ1) is 16.9. The van der Waals surface area contributed by atoms with E-state index in [1.54, 1.807) is 19.3 Å². The first-order valence-electron chi connectivity index (χ1n) is 7.09. The van der Waals surface area contributed by atoms with Gasteiger partial charge in [0, 0.05) is 31.5 Å². The summed E-state index contributed by atoms with van der Waals surface area (Å²) in [7, 11) is 1.45. The lowest BCUT2D eigenvalue weighted by atomic mass is 10.2. The molecule has 0 aliphatic rings. The Morgan fingerprint density at radius 2 is 2.00 bits per heavy atom. The maximum atomic E-state index is 11.9. The highest BCUT2D eigenvalue weighted by molar-refractivity contribution is 8.00. The minimum atomic E-state index is -0.531. The van der Waals surface area contributed by atoms with Crippen molar-refractivity contribution in [2.24, 2.45) is 0 Å². The zero-order valence-electron chi connectivity index (χ0n) is 13.1. The summed E-state index contributed by atoms with van der Waals surface area (Å²) in [5.41, 5.74) is 0.906. The van der Waals surface area contributed by atoms with Gasteiger partial charge >= 0.3 is 6.03 Å². The SMILES string of the molecule is CCn1c(S[C@H](C)C(=O)NC(=O)NC)nnc1-c1ccncc1. The number of carbonyl (C=O) groups excluding carboxylic acids is 2. The van der Waals surface area contributed by atoms with Gasteiger partial charge in [-0.3, -0.25) is 15.1 Å². The van der Waals surface area contributed by atoms with E-state index in [2.05, 4.69) is 25.8 Å². The summed E-state index contributed by atoms with van der Waals surface area (Å²) < 4.78 is 1.92. The molecule has 9 heteroatoms. The Bertz CT molecular complexity index is 688. The average molecular weight is 334 g/mol. The predicted molar refractivity (Wildman–Crippen MR) is 86.8 cm³/mol. The Morgan fingerprint density at radius 1 is 1.30 bits per heavy atom. The Labute approximate surface area is 138 Å². The number of urea groups is 1. The van der Waals surface area contributed by atoms with E-state index in [9.17, 15) is 9.59 Å². The molecule has 0 radical (unpaired) electrons. The van der Waals surface area contributed by atoms with Crippen molar-refractivity contribution < 1.29 is 9.59 Å². The molecule has 2 rings (SSSR count). The fourth-order valence-corrected chi connectivity index (χ4v) is 2.78. The summed E-state index contributed by atoms with van der Waals surface area (Å²) in [5.74, 6) is 0.335. The highest BCUT2D eigenvalue weighted by Crippen LogP contribution is 2.26. The van der Waals surface area contributed by atoms with Gasteiger partial charge in [-0.2, -0.15) is 0 Å². The van der Waals surface area contributed by atoms with Crippen LogP contribution in [0.15, 0.2) is 29.7 Å². The Balaban J connectivity index is 2.16. The van der Waals surface area contributed by atoms with Crippen LogP contribution in [0.25, 0.3) is 11.4 Å². The minimum absolute atomic E-state index is 0.384. The molecule has 0 saturated carbocycles. The third-order valence-corrected chi connectivity index (χ3v) is 4.17. The normalized spacial score (nSPS) is 11.8. The number of carbonyl (C=O) groups is 2. The summed E-state index contributed by atoms with van der Waals surface area (Å²) in [6, 6.07) is 3.18. The van der Waals surface area contributed by atoms with Crippen LogP contribution in [-0.4, -0.2) is 44.0 Å². The molecule has 0 aromatic carbocycles. The molecule has 0 fully saturated rings. The second kappa shape index (κ2) is 7.73. The van der Waals surface area contributed by atoms with E-state index in [1.165, 1.54) is 18.8 Å². The lowest BCUT2D eigenvalue weighted by molar-refractivity contribution is -0.119. The molecule has 0 saturated heterocycles. The van der Waals surface area contributed by atoms with Crippen molar-refractivity contribution in [3.05, 3.63) is 24.5 Å². The van der Waals surface area contributed by atoms with Crippen molar-refractivity contribution in [2.45, 2.75) is 30.8 Å². The summed E-state index contributed by atoms with van der Waals surface area (Å²) in [5, 5.41) is 13.1. The minimum Gasteiger partial charge on any atom is -0.341 e. The number of imide groups is 1. The van der Waals surface area contributed by atoms with Gasteiger partial charge in [0.15, 0.2) is 11.0 Å². The Morgan fingerprint density at radius 3 is 2.61 bits per heavy atom. The van der Waals surface area contributed by atoms with Crippen molar-refractivity contribution in [3.63, 3.8) is 0 Å². The van der Waals surface area contributed by atoms with Crippen molar-refractivity contribution in [2.75, 3.05) is 7.05 Å². The zero-order valence-corrected chi connectivity index (χ0v) is 13.9. The predicted octanol–water partition coefficient (Wildman–Crippen LogP) is 1.30. The molecule has 122 valence electrons. The van der Waals surface area contributed by atoms with Crippen LogP contribution in [0.5, 0.6) is 0 Å². The third kappa shape index (κ3) is 4.07. The van der Waals surface area contributed by atoms with Gasteiger partial charge in [-0.05, 0) is 26.0 Å². The van der Waals surface area contributed by atoms with Crippen LogP contribution in [-0.2, 0) is 11.3 Å². The summed E-state index contributed by atoms with van der Waals surface area (Å²) in [6.45, 7) is 4.36. The molecule has 8 nitrogen and oxygen atoms in total. The van der Waals surface area contributed by atoms with Gasteiger partial charge in [0.25, 0.3) is 0 Å². The molecule has 2 heterocycles. The van der Waals surface area contributed by atoms with Crippen molar-refractivity contribution in [1.82, 2.24) is 30.4 Å². The van der Waals surface area contributed by atoms with Crippen LogP contribution < -0.4 is 10.6 Å². The maximum Gasteiger partial charge on any atom is 0.321 e. The molecule has 0 aliphatic heterocycles. The van der Waals surface area contributed by atoms with E-state index < -0.39 is 11.3 Å². The van der Waals surface area contributed by atoms with Crippen LogP contribution in [0.1, 0.15) is 13.8 Å². The van der Waals surface area contributed by atoms with Gasteiger partial charge < -0.3 is 9.88 Å². The summed E-state index contributed by atoms with van der Waals surface area (Å²) in [6.07, 6.45) is 3.38. The van der Waals surface area contributed by atoms with E-state index in [-0.39, 0.29) is 5.91 Å². The largest absolute Gasteiger partial charge is 0.341 e. The molecule has 23 heavy (non-hydrogen) atoms. The number of nitrogens with zero attached hydrogens (tertiary/aromatic N) is 4. The van der Waals surface area contributed by atoms with E-state index in [1.807, 2.05) is 23.6 Å². The van der Waals surface area contributed by atoms with E-state index in [0.717, 1.165) is 11.4 Å². The van der Waals surface area contributed by atoms with Crippen LogP contribution in [0.3, 0.4) is 0 Å². The number of hydrogen-bond acceptors (Lipinski definition) is 6. The number of rotatable bonds is 5. The van der Waals surface area contributed by atoms with Gasteiger partial charge in [-0.25, -0.2) is 4.79 Å². The van der Waals surface area contributed by atoms with E-state index in [4.69, 9.17) is 0 Å². The molecule has 2 aromatic rings. The molecule has 2 aromatic heterocycles. The highest BCUT2D eigenvalue weighted by Gasteiger charge is 2.21. The standard InChI is InChI=1S/C14H18N6O2S/c1-4-20-11(10-5-7-16-8-6-10)18-19-14(20)23-9(2)12(21)17-13(22)15-3/h5-9H,4H2,1-3H3,(H2,15,17,21,22)/t9-/m1/s1. The first-order chi connectivity index (χ1) is 11.1. The molecule has 3 amide bonds. The van der Waals surface area contributed by atoms with Crippen LogP contribution in [0.2, 0.25) is 0 Å². The quantitative estimate of drug-likeness (QED) is 0.799. The van der Waals surface area contributed by atoms with Gasteiger partial charge in [0.1, 0.15) is 0 Å². The molecule has 2 N–H and O–H groups in total. The number of thioether (sulfide) groups is 1. The van der Waals surface area contributed by atoms with Crippen LogP contribution in [0, 0.1) is 0 Å². The van der Waals surface area contributed by atoms with Gasteiger partial charge in [-0.15, -0.1) is 10.2 Å². The number of nitrogens with one attached hydrogen (secondary N) is 2. The van der Waals surface area contributed by atoms with Crippen molar-refractivity contribution in [1.29, 1.82) is 0 Å². The average Bonchev–Trinajstić information content (AvgIpc) is 2.97. The summed E-state index contributed by atoms with van der Waals surface area (Å²) >= 11 is 1.25. The van der Waals surface area contributed by atoms with E-state index >= 15 is 0 Å². The van der Waals surface area contributed by atoms with Gasteiger partial charge in [0.05, 0.1) is 5.25 Å². The number of hydrogen-bond donors (Lipinski definition) is 2. The number of pyridine rings is 1. The second-order valence-corrected chi connectivity index (χ2v) is 5.92. The highest BCUT2D eigenvalue weighted by atomic mass is 32.2. The zero-order chi connectivity index (χ0) is 16.8. The summed E-state index contributed by atoms with van der Waals surface area (Å²) in [4.78, 5) is 27.1. The number of amides is 3. The molecule has 0 spiro atoms. The molecular weight excluding hydrogens is 316 g/mol. The van der Waals surface area contributed by atoms with E-state index in [0.29, 0.717) is 11.7 Å². The lowest BCUT2D eigenvalue weighted by Gasteiger charge is -2.11. The van der Waals surface area contributed by atoms with Gasteiger partial charge in [-0.1, -0.05) is 11.8 Å².